The van der Waals surface area contributed by atoms with Gasteiger partial charge in [0.15, 0.2) is 4.96 Å². The third-order valence-corrected chi connectivity index (χ3v) is 6.77. The molecule has 1 aliphatic carbocycles. The van der Waals surface area contributed by atoms with Crippen molar-refractivity contribution < 1.29 is 15.0 Å². The maximum atomic E-state index is 12.9. The fourth-order valence-electron chi connectivity index (χ4n) is 4.72. The van der Waals surface area contributed by atoms with Crippen LogP contribution in [0.4, 0.5) is 0 Å². The van der Waals surface area contributed by atoms with E-state index in [4.69, 9.17) is 0 Å². The Morgan fingerprint density at radius 3 is 2.88 bits per heavy atom. The van der Waals surface area contributed by atoms with Crippen LogP contribution in [0.5, 0.6) is 0 Å². The Kier molecular flexibility index (Phi) is 3.47. The van der Waals surface area contributed by atoms with Crippen molar-refractivity contribution >= 4 is 22.2 Å². The summed E-state index contributed by atoms with van der Waals surface area (Å²) in [7, 11) is 0. The third-order valence-electron chi connectivity index (χ3n) is 6.00. The lowest BCUT2D eigenvalue weighted by atomic mass is 9.95. The van der Waals surface area contributed by atoms with Crippen LogP contribution in [0.3, 0.4) is 0 Å². The molecule has 0 bridgehead atoms. The van der Waals surface area contributed by atoms with Crippen molar-refractivity contribution in [1.29, 1.82) is 0 Å². The van der Waals surface area contributed by atoms with Gasteiger partial charge in [-0.1, -0.05) is 30.3 Å². The fraction of sp³-hybridized carbons (Fsp3) is 0.368. The Hall–Kier alpha value is -2.22. The van der Waals surface area contributed by atoms with Gasteiger partial charge in [0.05, 0.1) is 6.10 Å². The first-order chi connectivity index (χ1) is 12.6. The van der Waals surface area contributed by atoms with Gasteiger partial charge in [0.1, 0.15) is 5.69 Å². The van der Waals surface area contributed by atoms with Crippen LogP contribution < -0.4 is 0 Å². The molecule has 1 spiro atoms. The van der Waals surface area contributed by atoms with Crippen molar-refractivity contribution in [2.75, 3.05) is 19.7 Å². The van der Waals surface area contributed by atoms with Gasteiger partial charge in [-0.05, 0) is 17.4 Å². The van der Waals surface area contributed by atoms with E-state index < -0.39 is 11.5 Å². The van der Waals surface area contributed by atoms with Crippen LogP contribution in [-0.4, -0.2) is 56.2 Å². The highest BCUT2D eigenvalue weighted by molar-refractivity contribution is 7.15. The molecule has 1 saturated carbocycles. The number of amides is 1. The molecule has 6 nitrogen and oxygen atoms in total. The fourth-order valence-corrected chi connectivity index (χ4v) is 5.42. The molecule has 2 N–H and O–H groups in total. The molecule has 0 unspecified atom stereocenters. The summed E-state index contributed by atoms with van der Waals surface area (Å²) in [5, 5.41) is 22.6. The van der Waals surface area contributed by atoms with E-state index >= 15 is 0 Å². The Balaban J connectivity index is 1.42. The van der Waals surface area contributed by atoms with Gasteiger partial charge in [-0.3, -0.25) is 9.20 Å². The molecule has 0 radical (unpaired) electrons. The van der Waals surface area contributed by atoms with Gasteiger partial charge in [-0.2, -0.15) is 0 Å². The van der Waals surface area contributed by atoms with Crippen LogP contribution in [0, 0.1) is 11.3 Å². The van der Waals surface area contributed by atoms with E-state index in [1.54, 1.807) is 11.1 Å². The zero-order valence-corrected chi connectivity index (χ0v) is 14.8. The lowest BCUT2D eigenvalue weighted by Gasteiger charge is -2.15. The second kappa shape index (κ2) is 5.64. The van der Waals surface area contributed by atoms with Gasteiger partial charge in [-0.25, -0.2) is 4.98 Å². The molecule has 3 aromatic rings. The van der Waals surface area contributed by atoms with Crippen molar-refractivity contribution in [3.05, 3.63) is 59.4 Å². The smallest absolute Gasteiger partial charge is 0.274 e. The van der Waals surface area contributed by atoms with E-state index in [2.05, 4.69) is 4.98 Å². The zero-order chi connectivity index (χ0) is 17.9. The number of hydrogen-bond donors (Lipinski definition) is 2. The van der Waals surface area contributed by atoms with Crippen molar-refractivity contribution in [3.63, 3.8) is 0 Å². The lowest BCUT2D eigenvalue weighted by molar-refractivity contribution is 0.0759. The topological polar surface area (TPSA) is 78.1 Å². The van der Waals surface area contributed by atoms with Crippen molar-refractivity contribution in [2.24, 2.45) is 11.3 Å². The van der Waals surface area contributed by atoms with Crippen LogP contribution in [-0.2, 0) is 0 Å². The van der Waals surface area contributed by atoms with E-state index in [9.17, 15) is 15.0 Å². The molecular weight excluding hydrogens is 350 g/mol. The first kappa shape index (κ1) is 16.0. The van der Waals surface area contributed by atoms with Crippen LogP contribution in [0.2, 0.25) is 0 Å². The molecular formula is C19H19N3O3S. The number of aliphatic hydroxyl groups is 2. The summed E-state index contributed by atoms with van der Waals surface area (Å²) >= 11 is 1.48. The first-order valence-corrected chi connectivity index (χ1v) is 9.58. The van der Waals surface area contributed by atoms with E-state index in [1.807, 2.05) is 46.3 Å². The number of β-amino-alcohol motifs (C(OH)–C–C–N with tert-alkyl or cyclic N) is 1. The minimum absolute atomic E-state index is 0.0128. The summed E-state index contributed by atoms with van der Waals surface area (Å²) in [6.07, 6.45) is 2.96. The zero-order valence-electron chi connectivity index (χ0n) is 14.0. The number of imidazole rings is 1. The molecule has 1 aliphatic heterocycles. The number of rotatable bonds is 3. The van der Waals surface area contributed by atoms with Gasteiger partial charge < -0.3 is 15.1 Å². The second-order valence-corrected chi connectivity index (χ2v) is 8.08. The number of likely N-dealkylation sites (tertiary alicyclic amines) is 1. The highest BCUT2D eigenvalue weighted by atomic mass is 32.1. The minimum Gasteiger partial charge on any atom is -0.396 e. The van der Waals surface area contributed by atoms with E-state index in [1.165, 1.54) is 11.3 Å². The Morgan fingerprint density at radius 2 is 2.15 bits per heavy atom. The Morgan fingerprint density at radius 1 is 1.35 bits per heavy atom. The summed E-state index contributed by atoms with van der Waals surface area (Å²) in [4.78, 5) is 19.7. The highest BCUT2D eigenvalue weighted by Gasteiger charge is 2.71. The number of benzene rings is 1. The van der Waals surface area contributed by atoms with Crippen LogP contribution >= 0.6 is 11.3 Å². The number of fused-ring (bicyclic) bond motifs is 1. The SMILES string of the molecule is O=C(c1cn2ccsc2n1)N1C[C@H](O)[C@@]2(C1)[C@H](CO)[C@H]2c1ccccc1. The lowest BCUT2D eigenvalue weighted by Crippen LogP contribution is -2.30. The number of nitrogens with zero attached hydrogens (tertiary/aromatic N) is 3. The average molecular weight is 369 g/mol. The van der Waals surface area contributed by atoms with Gasteiger partial charge in [0.25, 0.3) is 5.91 Å². The standard InChI is InChI=1S/C19H19N3O3S/c23-10-13-16(12-4-2-1-3-5-12)19(13)11-22(9-15(19)24)17(25)14-8-21-6-7-26-18(21)20-14/h1-8,13,15-16,23-24H,9-11H2/t13-,15+,16-,19-/m1/s1. The number of aliphatic hydroxyl groups excluding tert-OH is 2. The predicted molar refractivity (Wildman–Crippen MR) is 97.2 cm³/mol. The molecule has 1 aromatic carbocycles. The van der Waals surface area contributed by atoms with E-state index in [-0.39, 0.29) is 30.9 Å². The van der Waals surface area contributed by atoms with Crippen molar-refractivity contribution in [3.8, 4) is 0 Å². The average Bonchev–Trinajstić information content (AvgIpc) is 2.98. The minimum atomic E-state index is -0.641. The number of aromatic nitrogens is 2. The van der Waals surface area contributed by atoms with Gasteiger partial charge in [-0.15, -0.1) is 11.3 Å². The van der Waals surface area contributed by atoms with Crippen LogP contribution in [0.15, 0.2) is 48.1 Å². The number of carbonyl (C=O) groups excluding carboxylic acids is 1. The highest BCUT2D eigenvalue weighted by Crippen LogP contribution is 2.68. The van der Waals surface area contributed by atoms with Crippen LogP contribution in [0.25, 0.3) is 4.96 Å². The molecule has 7 heteroatoms. The van der Waals surface area contributed by atoms with Crippen LogP contribution in [0.1, 0.15) is 22.0 Å². The molecule has 1 saturated heterocycles. The van der Waals surface area contributed by atoms with Gasteiger partial charge in [0, 0.05) is 42.9 Å². The molecule has 5 rings (SSSR count). The Labute approximate surface area is 154 Å². The molecule has 3 heterocycles. The molecule has 1 amide bonds. The third kappa shape index (κ3) is 2.11. The number of carbonyl (C=O) groups is 1. The molecule has 2 aromatic heterocycles. The summed E-state index contributed by atoms with van der Waals surface area (Å²) in [5.74, 6) is -0.109. The normalized spacial score (nSPS) is 30.4. The molecule has 4 atom stereocenters. The molecule has 2 aliphatic rings. The predicted octanol–water partition coefficient (Wildman–Crippen LogP) is 1.60. The first-order valence-electron chi connectivity index (χ1n) is 8.70. The molecule has 134 valence electrons. The van der Waals surface area contributed by atoms with E-state index in [0.29, 0.717) is 12.2 Å². The molecule has 26 heavy (non-hydrogen) atoms. The van der Waals surface area contributed by atoms with E-state index in [0.717, 1.165) is 10.5 Å². The molecule has 2 fully saturated rings. The summed E-state index contributed by atoms with van der Waals surface area (Å²) in [6.45, 7) is 0.742. The summed E-state index contributed by atoms with van der Waals surface area (Å²) in [6, 6.07) is 9.96. The van der Waals surface area contributed by atoms with Gasteiger partial charge in [0.2, 0.25) is 0 Å². The van der Waals surface area contributed by atoms with Crippen molar-refractivity contribution in [1.82, 2.24) is 14.3 Å². The van der Waals surface area contributed by atoms with Gasteiger partial charge >= 0.3 is 0 Å². The largest absolute Gasteiger partial charge is 0.396 e. The summed E-state index contributed by atoms with van der Waals surface area (Å²) < 4.78 is 1.83. The monoisotopic (exact) mass is 369 g/mol. The maximum absolute atomic E-state index is 12.9. The number of hydrogen-bond acceptors (Lipinski definition) is 5. The Bertz CT molecular complexity index is 940. The summed E-state index contributed by atoms with van der Waals surface area (Å²) in [5.41, 5.74) is 1.06. The maximum Gasteiger partial charge on any atom is 0.274 e. The number of thiazole rings is 1. The second-order valence-electron chi connectivity index (χ2n) is 7.21. The van der Waals surface area contributed by atoms with Crippen molar-refractivity contribution in [2.45, 2.75) is 12.0 Å². The quantitative estimate of drug-likeness (QED) is 0.735.